The van der Waals surface area contributed by atoms with E-state index in [9.17, 15) is 9.90 Å². The van der Waals surface area contributed by atoms with Crippen molar-refractivity contribution in [1.29, 1.82) is 0 Å². The van der Waals surface area contributed by atoms with Crippen LogP contribution in [0.4, 0.5) is 0 Å². The molecule has 0 saturated carbocycles. The second kappa shape index (κ2) is 7.00. The Hall–Kier alpha value is -1.19. The summed E-state index contributed by atoms with van der Waals surface area (Å²) >= 11 is -1.91. The molecule has 0 unspecified atom stereocenters. The molecule has 0 atom stereocenters. The fraction of sp³-hybridized carbons (Fsp3) is 0.188. The molecule has 2 rings (SSSR count). The third kappa shape index (κ3) is 3.67. The molecule has 100 valence electrons. The van der Waals surface area contributed by atoms with Gasteiger partial charge in [-0.3, -0.25) is 0 Å². The van der Waals surface area contributed by atoms with E-state index in [0.29, 0.717) is 3.93 Å². The SMILES string of the molecule is CC(=O)[O][Hg][CH2]C(O)(c1ccccc1)c1ccccc1. The maximum atomic E-state index is 11.1. The van der Waals surface area contributed by atoms with Crippen molar-refractivity contribution in [2.45, 2.75) is 16.5 Å². The monoisotopic (exact) mass is 458 g/mol. The van der Waals surface area contributed by atoms with Gasteiger partial charge in [0.15, 0.2) is 0 Å². The van der Waals surface area contributed by atoms with Gasteiger partial charge in [0.25, 0.3) is 0 Å². The second-order valence-electron chi connectivity index (χ2n) is 4.68. The first kappa shape index (κ1) is 15.2. The molecular weight excluding hydrogens is 441 g/mol. The summed E-state index contributed by atoms with van der Waals surface area (Å²) in [7, 11) is 0. The van der Waals surface area contributed by atoms with Crippen LogP contribution < -0.4 is 0 Å². The summed E-state index contributed by atoms with van der Waals surface area (Å²) in [6.45, 7) is 1.42. The Balaban J connectivity index is 2.31. The predicted molar refractivity (Wildman–Crippen MR) is 72.5 cm³/mol. The van der Waals surface area contributed by atoms with Crippen LogP contribution in [-0.2, 0) is 38.1 Å². The zero-order chi connectivity index (χ0) is 14.4. The van der Waals surface area contributed by atoms with E-state index in [-0.39, 0.29) is 5.97 Å². The van der Waals surface area contributed by atoms with Gasteiger partial charge in [-0.1, -0.05) is 0 Å². The van der Waals surface area contributed by atoms with Crippen LogP contribution in [0, 0.1) is 0 Å². The molecule has 0 heterocycles. The van der Waals surface area contributed by atoms with Crippen LogP contribution in [-0.4, -0.2) is 11.1 Å². The molecule has 0 radical (unpaired) electrons. The Morgan fingerprint density at radius 1 is 1.05 bits per heavy atom. The van der Waals surface area contributed by atoms with Gasteiger partial charge in [-0.05, 0) is 0 Å². The summed E-state index contributed by atoms with van der Waals surface area (Å²) in [5.74, 6) is -0.241. The average molecular weight is 457 g/mol. The van der Waals surface area contributed by atoms with Gasteiger partial charge in [0.2, 0.25) is 0 Å². The van der Waals surface area contributed by atoms with Crippen molar-refractivity contribution in [3.63, 3.8) is 0 Å². The molecule has 1 N–H and O–H groups in total. The topological polar surface area (TPSA) is 46.5 Å². The van der Waals surface area contributed by atoms with Gasteiger partial charge in [0.1, 0.15) is 0 Å². The van der Waals surface area contributed by atoms with Crippen molar-refractivity contribution < 1.29 is 37.6 Å². The van der Waals surface area contributed by atoms with E-state index in [1.165, 1.54) is 6.92 Å². The molecular formula is C16H16HgO3. The molecule has 0 aromatic heterocycles. The number of hydrogen-bond acceptors (Lipinski definition) is 3. The van der Waals surface area contributed by atoms with Crippen LogP contribution in [0.1, 0.15) is 18.1 Å². The number of aliphatic hydroxyl groups is 1. The van der Waals surface area contributed by atoms with Crippen LogP contribution in [0.3, 0.4) is 0 Å². The van der Waals surface area contributed by atoms with Crippen molar-refractivity contribution in [2.24, 2.45) is 0 Å². The molecule has 0 bridgehead atoms. The molecule has 2 aromatic rings. The summed E-state index contributed by atoms with van der Waals surface area (Å²) in [5.41, 5.74) is 0.635. The van der Waals surface area contributed by atoms with E-state index in [1.54, 1.807) is 0 Å². The maximum absolute atomic E-state index is 11.1. The third-order valence-electron chi connectivity index (χ3n) is 3.27. The van der Waals surface area contributed by atoms with Crippen molar-refractivity contribution in [3.8, 4) is 0 Å². The summed E-state index contributed by atoms with van der Waals surface area (Å²) in [6, 6.07) is 19.1. The number of rotatable bonds is 5. The zero-order valence-electron chi connectivity index (χ0n) is 11.5. The molecule has 0 spiro atoms. The molecule has 4 heteroatoms. The molecule has 20 heavy (non-hydrogen) atoms. The van der Waals surface area contributed by atoms with Gasteiger partial charge in [-0.25, -0.2) is 0 Å². The Labute approximate surface area is 131 Å². The van der Waals surface area contributed by atoms with Crippen molar-refractivity contribution in [3.05, 3.63) is 71.8 Å². The van der Waals surface area contributed by atoms with Gasteiger partial charge < -0.3 is 0 Å². The summed E-state index contributed by atoms with van der Waals surface area (Å²) < 4.78 is 5.75. The molecule has 3 nitrogen and oxygen atoms in total. The average Bonchev–Trinajstić information content (AvgIpc) is 2.48. The quantitative estimate of drug-likeness (QED) is 0.704. The first-order valence-corrected chi connectivity index (χ1v) is 12.7. The first-order chi connectivity index (χ1) is 9.63. The van der Waals surface area contributed by atoms with E-state index < -0.39 is 30.6 Å². The normalized spacial score (nSPS) is 10.7. The molecule has 0 amide bonds. The summed E-state index contributed by atoms with van der Waals surface area (Å²) in [6.07, 6.45) is 0. The van der Waals surface area contributed by atoms with E-state index in [2.05, 4.69) is 0 Å². The number of benzene rings is 2. The molecule has 0 aliphatic carbocycles. The Morgan fingerprint density at radius 3 is 1.90 bits per heavy atom. The van der Waals surface area contributed by atoms with Crippen LogP contribution in [0.2, 0.25) is 3.93 Å². The molecule has 0 aliphatic heterocycles. The van der Waals surface area contributed by atoms with Gasteiger partial charge >= 0.3 is 132 Å². The number of hydrogen-bond donors (Lipinski definition) is 1. The van der Waals surface area contributed by atoms with Crippen molar-refractivity contribution >= 4 is 5.97 Å². The van der Waals surface area contributed by atoms with Gasteiger partial charge in [-0.2, -0.15) is 0 Å². The molecule has 0 saturated heterocycles. The zero-order valence-corrected chi connectivity index (χ0v) is 16.9. The first-order valence-electron chi connectivity index (χ1n) is 6.60. The third-order valence-corrected chi connectivity index (χ3v) is 9.25. The van der Waals surface area contributed by atoms with Gasteiger partial charge in [-0.15, -0.1) is 0 Å². The van der Waals surface area contributed by atoms with Gasteiger partial charge in [0, 0.05) is 0 Å². The number of carbonyl (C=O) groups excluding carboxylic acids is 1. The molecule has 0 fully saturated rings. The van der Waals surface area contributed by atoms with Crippen LogP contribution >= 0.6 is 0 Å². The van der Waals surface area contributed by atoms with Crippen molar-refractivity contribution in [1.82, 2.24) is 0 Å². The summed E-state index contributed by atoms with van der Waals surface area (Å²) in [4.78, 5) is 11.0. The van der Waals surface area contributed by atoms with Crippen LogP contribution in [0.25, 0.3) is 0 Å². The minimum absolute atomic E-state index is 0.241. The van der Waals surface area contributed by atoms with E-state index in [1.807, 2.05) is 60.7 Å². The fourth-order valence-corrected chi connectivity index (χ4v) is 7.13. The predicted octanol–water partition coefficient (Wildman–Crippen LogP) is 2.90. The number of carbonyl (C=O) groups is 1. The Kier molecular flexibility index (Phi) is 5.32. The van der Waals surface area contributed by atoms with Gasteiger partial charge in [0.05, 0.1) is 0 Å². The minimum atomic E-state index is -1.91. The second-order valence-corrected chi connectivity index (χ2v) is 9.34. The van der Waals surface area contributed by atoms with Crippen molar-refractivity contribution in [2.75, 3.05) is 0 Å². The van der Waals surface area contributed by atoms with Crippen LogP contribution in [0.5, 0.6) is 0 Å². The molecule has 2 aromatic carbocycles. The van der Waals surface area contributed by atoms with E-state index in [0.717, 1.165) is 11.1 Å². The Bertz CT molecular complexity index is 515. The summed E-state index contributed by atoms with van der Waals surface area (Å²) in [5, 5.41) is 11.1. The Morgan fingerprint density at radius 2 is 1.50 bits per heavy atom. The standard InChI is InChI=1S/C14H13O.C2H4O2.Hg/c1-14(15,12-8-4-2-5-9-12)13-10-6-3-7-11-13;1-2(3)4;/h2-11,15H,1H2;1H3,(H,3,4);/q;;+1/p-1. The van der Waals surface area contributed by atoms with Crippen LogP contribution in [0.15, 0.2) is 60.7 Å². The fourth-order valence-electron chi connectivity index (χ4n) is 2.23. The van der Waals surface area contributed by atoms with E-state index in [4.69, 9.17) is 2.64 Å². The molecule has 0 aliphatic rings. The van der Waals surface area contributed by atoms with E-state index >= 15 is 0 Å².